The molecule has 1 heterocycles. The third-order valence-corrected chi connectivity index (χ3v) is 6.18. The van der Waals surface area contributed by atoms with Gasteiger partial charge in [0.15, 0.2) is 0 Å². The van der Waals surface area contributed by atoms with Crippen molar-refractivity contribution in [3.63, 3.8) is 0 Å². The minimum atomic E-state index is -0.332. The van der Waals surface area contributed by atoms with Crippen molar-refractivity contribution in [2.24, 2.45) is 0 Å². The van der Waals surface area contributed by atoms with E-state index in [0.29, 0.717) is 24.9 Å². The van der Waals surface area contributed by atoms with Crippen LogP contribution in [-0.2, 0) is 14.4 Å². The SMILES string of the molecule is O=C1CCC(c2cccc(NC(=O)CCCCCCNC3CCCCC3)c2)C(=O)N1. The third-order valence-electron chi connectivity index (χ3n) is 6.18. The van der Waals surface area contributed by atoms with Gasteiger partial charge in [0.25, 0.3) is 0 Å². The highest BCUT2D eigenvalue weighted by molar-refractivity contribution is 6.01. The van der Waals surface area contributed by atoms with Crippen molar-refractivity contribution in [2.45, 2.75) is 89.0 Å². The van der Waals surface area contributed by atoms with Gasteiger partial charge in [0.2, 0.25) is 17.7 Å². The van der Waals surface area contributed by atoms with E-state index in [-0.39, 0.29) is 23.6 Å². The van der Waals surface area contributed by atoms with Crippen molar-refractivity contribution >= 4 is 23.4 Å². The maximum Gasteiger partial charge on any atom is 0.234 e. The fourth-order valence-corrected chi connectivity index (χ4v) is 4.45. The second-order valence-electron chi connectivity index (χ2n) is 8.63. The smallest absolute Gasteiger partial charge is 0.234 e. The van der Waals surface area contributed by atoms with Gasteiger partial charge in [-0.1, -0.05) is 44.2 Å². The quantitative estimate of drug-likeness (QED) is 0.399. The molecule has 2 fully saturated rings. The first-order chi connectivity index (χ1) is 14.6. The average Bonchev–Trinajstić information content (AvgIpc) is 2.74. The van der Waals surface area contributed by atoms with E-state index in [2.05, 4.69) is 16.0 Å². The van der Waals surface area contributed by atoms with Gasteiger partial charge < -0.3 is 10.6 Å². The Morgan fingerprint density at radius 2 is 1.80 bits per heavy atom. The second-order valence-corrected chi connectivity index (χ2v) is 8.63. The number of carbonyl (C=O) groups is 3. The van der Waals surface area contributed by atoms with Crippen LogP contribution < -0.4 is 16.0 Å². The second kappa shape index (κ2) is 11.8. The lowest BCUT2D eigenvalue weighted by molar-refractivity contribution is -0.134. The zero-order valence-electron chi connectivity index (χ0n) is 17.9. The summed E-state index contributed by atoms with van der Waals surface area (Å²) in [5.74, 6) is -0.796. The first-order valence-corrected chi connectivity index (χ1v) is 11.6. The standard InChI is InChI=1S/C24H35N3O3/c28-22(13-6-1-2-7-16-25-19-10-4-3-5-11-19)26-20-12-8-9-18(17-20)21-14-15-23(29)27-24(21)30/h8-9,12,17,19,21,25H,1-7,10-11,13-16H2,(H,26,28)(H,27,29,30). The Hall–Kier alpha value is -2.21. The molecule has 1 saturated carbocycles. The summed E-state index contributed by atoms with van der Waals surface area (Å²) in [7, 11) is 0. The molecule has 1 aromatic carbocycles. The zero-order valence-corrected chi connectivity index (χ0v) is 17.9. The van der Waals surface area contributed by atoms with Crippen LogP contribution in [0, 0.1) is 0 Å². The van der Waals surface area contributed by atoms with E-state index in [1.165, 1.54) is 38.5 Å². The Bertz CT molecular complexity index is 728. The number of carbonyl (C=O) groups excluding carboxylic acids is 3. The molecule has 0 bridgehead atoms. The minimum absolute atomic E-state index is 0.00996. The Balaban J connectivity index is 1.31. The number of hydrogen-bond acceptors (Lipinski definition) is 4. The predicted molar refractivity (Wildman–Crippen MR) is 118 cm³/mol. The molecule has 0 spiro atoms. The summed E-state index contributed by atoms with van der Waals surface area (Å²) in [4.78, 5) is 35.6. The van der Waals surface area contributed by atoms with E-state index in [4.69, 9.17) is 0 Å². The summed E-state index contributed by atoms with van der Waals surface area (Å²) in [5, 5.41) is 8.99. The summed E-state index contributed by atoms with van der Waals surface area (Å²) >= 11 is 0. The Morgan fingerprint density at radius 3 is 2.60 bits per heavy atom. The highest BCUT2D eigenvalue weighted by Gasteiger charge is 2.28. The largest absolute Gasteiger partial charge is 0.326 e. The minimum Gasteiger partial charge on any atom is -0.326 e. The van der Waals surface area contributed by atoms with Gasteiger partial charge in [-0.2, -0.15) is 0 Å². The van der Waals surface area contributed by atoms with Gasteiger partial charge in [0.05, 0.1) is 5.92 Å². The molecule has 3 amide bonds. The highest BCUT2D eigenvalue weighted by atomic mass is 16.2. The summed E-state index contributed by atoms with van der Waals surface area (Å²) in [6.07, 6.45) is 12.4. The molecule has 0 radical (unpaired) electrons. The first-order valence-electron chi connectivity index (χ1n) is 11.6. The normalized spacial score (nSPS) is 20.1. The van der Waals surface area contributed by atoms with E-state index in [1.54, 1.807) is 0 Å². The van der Waals surface area contributed by atoms with Crippen molar-refractivity contribution in [1.29, 1.82) is 0 Å². The van der Waals surface area contributed by atoms with E-state index in [9.17, 15) is 14.4 Å². The van der Waals surface area contributed by atoms with Crippen LogP contribution in [-0.4, -0.2) is 30.3 Å². The number of imide groups is 1. The number of nitrogens with one attached hydrogen (secondary N) is 3. The van der Waals surface area contributed by atoms with Crippen LogP contribution in [0.15, 0.2) is 24.3 Å². The molecule has 1 aromatic rings. The molecule has 30 heavy (non-hydrogen) atoms. The molecule has 1 saturated heterocycles. The number of hydrogen-bond donors (Lipinski definition) is 3. The Kier molecular flexibility index (Phi) is 8.87. The van der Waals surface area contributed by atoms with Crippen LogP contribution in [0.2, 0.25) is 0 Å². The molecule has 1 unspecified atom stereocenters. The van der Waals surface area contributed by atoms with Gasteiger partial charge >= 0.3 is 0 Å². The lowest BCUT2D eigenvalue weighted by Gasteiger charge is -2.22. The van der Waals surface area contributed by atoms with Crippen molar-refractivity contribution in [3.05, 3.63) is 29.8 Å². The van der Waals surface area contributed by atoms with Gasteiger partial charge in [0.1, 0.15) is 0 Å². The van der Waals surface area contributed by atoms with Crippen LogP contribution in [0.4, 0.5) is 5.69 Å². The van der Waals surface area contributed by atoms with Crippen LogP contribution in [0.5, 0.6) is 0 Å². The monoisotopic (exact) mass is 413 g/mol. The molecule has 164 valence electrons. The molecule has 1 aliphatic heterocycles. The molecule has 3 N–H and O–H groups in total. The van der Waals surface area contributed by atoms with Crippen molar-refractivity contribution in [3.8, 4) is 0 Å². The molecule has 1 aliphatic carbocycles. The third kappa shape index (κ3) is 7.24. The fraction of sp³-hybridized carbons (Fsp3) is 0.625. The lowest BCUT2D eigenvalue weighted by atomic mass is 9.90. The highest BCUT2D eigenvalue weighted by Crippen LogP contribution is 2.26. The molecule has 0 aromatic heterocycles. The molecular formula is C24H35N3O3. The van der Waals surface area contributed by atoms with Crippen LogP contribution in [0.25, 0.3) is 0 Å². The van der Waals surface area contributed by atoms with Crippen molar-refractivity contribution < 1.29 is 14.4 Å². The van der Waals surface area contributed by atoms with Crippen LogP contribution >= 0.6 is 0 Å². The van der Waals surface area contributed by atoms with Gasteiger partial charge in [0, 0.05) is 24.6 Å². The van der Waals surface area contributed by atoms with E-state index >= 15 is 0 Å². The molecule has 3 rings (SSSR count). The van der Waals surface area contributed by atoms with Gasteiger partial charge in [-0.3, -0.25) is 19.7 Å². The summed E-state index contributed by atoms with van der Waals surface area (Å²) in [6, 6.07) is 8.12. The van der Waals surface area contributed by atoms with Crippen molar-refractivity contribution in [1.82, 2.24) is 10.6 Å². The Morgan fingerprint density at radius 1 is 1.00 bits per heavy atom. The molecule has 6 heteroatoms. The number of piperidine rings is 1. The van der Waals surface area contributed by atoms with Gasteiger partial charge in [-0.05, 0) is 56.3 Å². The topological polar surface area (TPSA) is 87.3 Å². The van der Waals surface area contributed by atoms with E-state index in [1.807, 2.05) is 24.3 Å². The Labute approximate surface area is 179 Å². The first kappa shape index (κ1) is 22.5. The summed E-state index contributed by atoms with van der Waals surface area (Å²) in [6.45, 7) is 1.09. The fourth-order valence-electron chi connectivity index (χ4n) is 4.45. The number of anilines is 1. The summed E-state index contributed by atoms with van der Waals surface area (Å²) in [5.41, 5.74) is 1.54. The van der Waals surface area contributed by atoms with Gasteiger partial charge in [-0.15, -0.1) is 0 Å². The molecule has 1 atom stereocenters. The zero-order chi connectivity index (χ0) is 21.2. The van der Waals surface area contributed by atoms with E-state index < -0.39 is 0 Å². The van der Waals surface area contributed by atoms with Crippen LogP contribution in [0.1, 0.15) is 88.5 Å². The maximum atomic E-state index is 12.3. The van der Waals surface area contributed by atoms with E-state index in [0.717, 1.165) is 37.4 Å². The molecule has 6 nitrogen and oxygen atoms in total. The van der Waals surface area contributed by atoms with Gasteiger partial charge in [-0.25, -0.2) is 0 Å². The van der Waals surface area contributed by atoms with Crippen molar-refractivity contribution in [2.75, 3.05) is 11.9 Å². The lowest BCUT2D eigenvalue weighted by Crippen LogP contribution is -2.39. The predicted octanol–water partition coefficient (Wildman–Crippen LogP) is 4.02. The average molecular weight is 414 g/mol. The maximum absolute atomic E-state index is 12.3. The van der Waals surface area contributed by atoms with Crippen LogP contribution in [0.3, 0.4) is 0 Å². The number of amides is 3. The molecule has 2 aliphatic rings. The summed E-state index contributed by atoms with van der Waals surface area (Å²) < 4.78 is 0. The number of benzene rings is 1. The number of rotatable bonds is 10. The molecular weight excluding hydrogens is 378 g/mol. The number of unbranched alkanes of at least 4 members (excludes halogenated alkanes) is 3.